The van der Waals surface area contributed by atoms with Crippen LogP contribution in [0.5, 0.6) is 0 Å². The van der Waals surface area contributed by atoms with Crippen LogP contribution in [0.15, 0.2) is 23.6 Å². The first-order valence-corrected chi connectivity index (χ1v) is 11.2. The highest BCUT2D eigenvalue weighted by molar-refractivity contribution is 6.67. The minimum absolute atomic E-state index is 0.129. The molecular formula is C22H29BN4O2. The van der Waals surface area contributed by atoms with Crippen LogP contribution >= 0.6 is 0 Å². The molecule has 4 aliphatic rings. The molecule has 0 radical (unpaired) electrons. The summed E-state index contributed by atoms with van der Waals surface area (Å²) in [6, 6.07) is 2.13. The molecule has 6 rings (SSSR count). The maximum atomic E-state index is 10.9. The monoisotopic (exact) mass is 392 g/mol. The lowest BCUT2D eigenvalue weighted by Gasteiger charge is -2.50. The van der Waals surface area contributed by atoms with Gasteiger partial charge >= 0.3 is 7.05 Å². The molecule has 29 heavy (non-hydrogen) atoms. The van der Waals surface area contributed by atoms with Crippen LogP contribution in [0.2, 0.25) is 0 Å². The second kappa shape index (κ2) is 6.32. The number of nitrogens with one attached hydrogen (secondary N) is 1. The number of pyridine rings is 1. The molecule has 0 spiro atoms. The molecule has 2 aromatic rings. The first kappa shape index (κ1) is 18.0. The Balaban J connectivity index is 1.51. The number of nitrogens with zero attached hydrogens (tertiary/aromatic N) is 3. The number of hydrazone groups is 1. The third-order valence-electron chi connectivity index (χ3n) is 7.66. The molecule has 2 bridgehead atoms. The minimum Gasteiger partial charge on any atom is -0.412 e. The van der Waals surface area contributed by atoms with Gasteiger partial charge in [-0.3, -0.25) is 0 Å². The number of aromatic amines is 1. The SMILES string of the molecule is C[C@@H]1C[C@@H]2C[C@H](CC(C)(O)C2)[C@@H]1C1=NN2CCCOB2c2cnc3[nH]ccc3c21. The number of aromatic nitrogens is 2. The normalized spacial score (nSPS) is 36.6. The molecule has 1 saturated heterocycles. The molecule has 152 valence electrons. The summed E-state index contributed by atoms with van der Waals surface area (Å²) in [5, 5.41) is 17.3. The van der Waals surface area contributed by atoms with E-state index in [0.29, 0.717) is 23.7 Å². The van der Waals surface area contributed by atoms with E-state index in [1.807, 2.05) is 19.3 Å². The van der Waals surface area contributed by atoms with Crippen molar-refractivity contribution >= 4 is 29.3 Å². The van der Waals surface area contributed by atoms with Crippen LogP contribution < -0.4 is 5.46 Å². The van der Waals surface area contributed by atoms with Crippen LogP contribution in [0.4, 0.5) is 0 Å². The van der Waals surface area contributed by atoms with Crippen LogP contribution in [0.1, 0.15) is 51.5 Å². The van der Waals surface area contributed by atoms with Crippen molar-refractivity contribution in [2.24, 2.45) is 28.8 Å². The fourth-order valence-corrected chi connectivity index (χ4v) is 6.84. The average molecular weight is 392 g/mol. The largest absolute Gasteiger partial charge is 0.471 e. The second-order valence-corrected chi connectivity index (χ2v) is 10.1. The zero-order valence-corrected chi connectivity index (χ0v) is 17.3. The topological polar surface area (TPSA) is 73.7 Å². The summed E-state index contributed by atoms with van der Waals surface area (Å²) in [6.45, 7) is 6.10. The number of rotatable bonds is 1. The smallest absolute Gasteiger partial charge is 0.412 e. The minimum atomic E-state index is -0.553. The van der Waals surface area contributed by atoms with Gasteiger partial charge in [-0.1, -0.05) is 6.92 Å². The third-order valence-corrected chi connectivity index (χ3v) is 7.66. The van der Waals surface area contributed by atoms with Crippen molar-refractivity contribution in [1.29, 1.82) is 0 Å². The predicted octanol–water partition coefficient (Wildman–Crippen LogP) is 2.52. The number of aliphatic hydroxyl groups is 1. The summed E-state index contributed by atoms with van der Waals surface area (Å²) in [4.78, 5) is 10.1. The lowest BCUT2D eigenvalue weighted by atomic mass is 9.56. The fourth-order valence-electron chi connectivity index (χ4n) is 6.84. The Labute approximate surface area is 171 Å². The van der Waals surface area contributed by atoms with Crippen molar-refractivity contribution < 1.29 is 9.76 Å². The van der Waals surface area contributed by atoms with Gasteiger partial charge in [0.15, 0.2) is 0 Å². The van der Waals surface area contributed by atoms with Gasteiger partial charge in [0.05, 0.1) is 11.3 Å². The standard InChI is InChI=1S/C22H29BN4O2/c1-13-8-14-9-15(11-22(2,28)10-14)18(13)20-19-16-4-5-24-21(16)25-12-17(19)23-27(26-20)6-3-7-29-23/h4-5,12-15,18,28H,3,6-11H2,1-2H3,(H,24,25)/t13-,14-,15-,18-,22?/m1/s1. The van der Waals surface area contributed by atoms with Crippen molar-refractivity contribution in [3.05, 3.63) is 24.0 Å². The highest BCUT2D eigenvalue weighted by atomic mass is 16.4. The Kier molecular flexibility index (Phi) is 3.91. The Morgan fingerprint density at radius 2 is 2.24 bits per heavy atom. The first-order chi connectivity index (χ1) is 14.0. The lowest BCUT2D eigenvalue weighted by molar-refractivity contribution is -0.0565. The molecule has 2 saturated carbocycles. The van der Waals surface area contributed by atoms with Crippen LogP contribution in [0.25, 0.3) is 11.0 Å². The van der Waals surface area contributed by atoms with E-state index < -0.39 is 5.60 Å². The van der Waals surface area contributed by atoms with Crippen LogP contribution in [-0.4, -0.2) is 51.5 Å². The summed E-state index contributed by atoms with van der Waals surface area (Å²) < 4.78 is 6.14. The van der Waals surface area contributed by atoms with E-state index in [-0.39, 0.29) is 7.05 Å². The summed E-state index contributed by atoms with van der Waals surface area (Å²) in [6.07, 6.45) is 9.15. The molecule has 7 heteroatoms. The van der Waals surface area contributed by atoms with Crippen LogP contribution in [-0.2, 0) is 4.65 Å². The maximum Gasteiger partial charge on any atom is 0.471 e. The Morgan fingerprint density at radius 3 is 3.14 bits per heavy atom. The number of H-pyrrole nitrogens is 1. The van der Waals surface area contributed by atoms with E-state index in [1.54, 1.807) is 0 Å². The fraction of sp³-hybridized carbons (Fsp3) is 0.636. The summed E-state index contributed by atoms with van der Waals surface area (Å²) in [5.74, 6) is 2.03. The van der Waals surface area contributed by atoms with Gasteiger partial charge < -0.3 is 19.7 Å². The molecule has 5 atom stereocenters. The third kappa shape index (κ3) is 2.77. The van der Waals surface area contributed by atoms with E-state index >= 15 is 0 Å². The summed E-state index contributed by atoms with van der Waals surface area (Å²) in [7, 11) is -0.129. The summed E-state index contributed by atoms with van der Waals surface area (Å²) >= 11 is 0. The van der Waals surface area contributed by atoms with Gasteiger partial charge in [0.1, 0.15) is 5.65 Å². The van der Waals surface area contributed by atoms with Crippen molar-refractivity contribution in [2.45, 2.75) is 51.6 Å². The number of fused-ring (bicyclic) bond motifs is 7. The Hall–Kier alpha value is -1.86. The zero-order chi connectivity index (χ0) is 19.8. The van der Waals surface area contributed by atoms with Crippen molar-refractivity contribution in [2.75, 3.05) is 13.2 Å². The van der Waals surface area contributed by atoms with E-state index in [1.165, 1.54) is 24.1 Å². The van der Waals surface area contributed by atoms with Crippen molar-refractivity contribution in [3.8, 4) is 0 Å². The van der Waals surface area contributed by atoms with Gasteiger partial charge in [-0.15, -0.1) is 0 Å². The molecule has 0 amide bonds. The van der Waals surface area contributed by atoms with Gasteiger partial charge in [-0.25, -0.2) is 4.98 Å². The molecule has 2 aliphatic heterocycles. The molecule has 4 heterocycles. The highest BCUT2D eigenvalue weighted by Crippen LogP contribution is 2.51. The quantitative estimate of drug-likeness (QED) is 0.732. The molecule has 2 aliphatic carbocycles. The molecule has 2 aromatic heterocycles. The van der Waals surface area contributed by atoms with E-state index in [2.05, 4.69) is 27.9 Å². The number of hydrogen-bond donors (Lipinski definition) is 2. The maximum absolute atomic E-state index is 10.9. The van der Waals surface area contributed by atoms with Gasteiger partial charge in [0, 0.05) is 47.9 Å². The summed E-state index contributed by atoms with van der Waals surface area (Å²) in [5.41, 5.74) is 3.93. The molecular weight excluding hydrogens is 363 g/mol. The zero-order valence-electron chi connectivity index (χ0n) is 17.3. The van der Waals surface area contributed by atoms with Crippen molar-refractivity contribution in [1.82, 2.24) is 14.9 Å². The van der Waals surface area contributed by atoms with Crippen LogP contribution in [0.3, 0.4) is 0 Å². The van der Waals surface area contributed by atoms with Crippen LogP contribution in [0, 0.1) is 23.7 Å². The first-order valence-electron chi connectivity index (χ1n) is 11.2. The van der Waals surface area contributed by atoms with E-state index in [4.69, 9.17) is 9.76 Å². The van der Waals surface area contributed by atoms with E-state index in [9.17, 15) is 5.11 Å². The average Bonchev–Trinajstić information content (AvgIpc) is 3.15. The Morgan fingerprint density at radius 1 is 1.34 bits per heavy atom. The van der Waals surface area contributed by atoms with Gasteiger partial charge in [0.25, 0.3) is 0 Å². The highest BCUT2D eigenvalue weighted by Gasteiger charge is 2.49. The molecule has 3 fully saturated rings. The van der Waals surface area contributed by atoms with Gasteiger partial charge in [-0.05, 0) is 62.8 Å². The lowest BCUT2D eigenvalue weighted by Crippen LogP contribution is -2.58. The molecule has 2 N–H and O–H groups in total. The molecule has 1 unspecified atom stereocenters. The van der Waals surface area contributed by atoms with Crippen molar-refractivity contribution in [3.63, 3.8) is 0 Å². The number of hydrogen-bond acceptors (Lipinski definition) is 5. The van der Waals surface area contributed by atoms with Gasteiger partial charge in [-0.2, -0.15) is 5.10 Å². The van der Waals surface area contributed by atoms with Gasteiger partial charge in [0.2, 0.25) is 0 Å². The molecule has 6 nitrogen and oxygen atoms in total. The molecule has 0 aromatic carbocycles. The predicted molar refractivity (Wildman–Crippen MR) is 114 cm³/mol. The Bertz CT molecular complexity index is 984. The second-order valence-electron chi connectivity index (χ2n) is 10.1. The van der Waals surface area contributed by atoms with E-state index in [0.717, 1.165) is 48.9 Å².